The Balaban J connectivity index is 1.54. The summed E-state index contributed by atoms with van der Waals surface area (Å²) in [5.74, 6) is 0.303. The number of carboxylic acids is 1. The molecule has 0 heterocycles. The van der Waals surface area contributed by atoms with E-state index in [1.54, 1.807) is 54.6 Å². The predicted octanol–water partition coefficient (Wildman–Crippen LogP) is 3.74. The van der Waals surface area contributed by atoms with Gasteiger partial charge in [0.05, 0.1) is 26.0 Å². The van der Waals surface area contributed by atoms with Gasteiger partial charge in [-0.05, 0) is 59.7 Å². The zero-order valence-electron chi connectivity index (χ0n) is 17.6. The molecule has 0 saturated heterocycles. The van der Waals surface area contributed by atoms with Crippen LogP contribution in [0.2, 0.25) is 0 Å². The van der Waals surface area contributed by atoms with Crippen molar-refractivity contribution >= 4 is 18.1 Å². The number of amides is 1. The third-order valence-corrected chi connectivity index (χ3v) is 4.48. The minimum atomic E-state index is -0.964. The Labute approximate surface area is 185 Å². The van der Waals surface area contributed by atoms with Crippen LogP contribution in [0.25, 0.3) is 0 Å². The highest BCUT2D eigenvalue weighted by Crippen LogP contribution is 2.22. The molecule has 0 radical (unpaired) electrons. The van der Waals surface area contributed by atoms with Crippen LogP contribution < -0.4 is 19.6 Å². The maximum Gasteiger partial charge on any atom is 0.335 e. The molecule has 3 rings (SSSR count). The molecule has 0 aliphatic carbocycles. The van der Waals surface area contributed by atoms with E-state index in [-0.39, 0.29) is 5.56 Å². The molecule has 0 unspecified atom stereocenters. The van der Waals surface area contributed by atoms with Gasteiger partial charge < -0.3 is 19.3 Å². The molecule has 2 N–H and O–H groups in total. The molecule has 0 aromatic heterocycles. The second-order valence-electron chi connectivity index (χ2n) is 6.66. The first kappa shape index (κ1) is 22.4. The molecule has 3 aromatic rings. The van der Waals surface area contributed by atoms with E-state index in [1.807, 2.05) is 0 Å². The fourth-order valence-electron chi connectivity index (χ4n) is 2.73. The van der Waals surface area contributed by atoms with Gasteiger partial charge in [-0.25, -0.2) is 10.2 Å². The van der Waals surface area contributed by atoms with E-state index < -0.39 is 11.9 Å². The minimum Gasteiger partial charge on any atom is -0.497 e. The Morgan fingerprint density at radius 3 is 2.06 bits per heavy atom. The van der Waals surface area contributed by atoms with Crippen LogP contribution in [0.1, 0.15) is 31.8 Å². The van der Waals surface area contributed by atoms with E-state index >= 15 is 0 Å². The first-order valence-corrected chi connectivity index (χ1v) is 9.60. The average molecular weight is 434 g/mol. The first-order chi connectivity index (χ1) is 15.5. The van der Waals surface area contributed by atoms with Gasteiger partial charge in [0, 0.05) is 11.6 Å². The van der Waals surface area contributed by atoms with Gasteiger partial charge in [0.15, 0.2) is 0 Å². The van der Waals surface area contributed by atoms with E-state index in [0.717, 1.165) is 11.1 Å². The molecule has 8 nitrogen and oxygen atoms in total. The van der Waals surface area contributed by atoms with Crippen molar-refractivity contribution < 1.29 is 28.9 Å². The zero-order chi connectivity index (χ0) is 22.9. The van der Waals surface area contributed by atoms with Gasteiger partial charge in [-0.2, -0.15) is 5.10 Å². The van der Waals surface area contributed by atoms with E-state index in [0.29, 0.717) is 29.4 Å². The molecule has 0 bridgehead atoms. The van der Waals surface area contributed by atoms with Gasteiger partial charge in [-0.15, -0.1) is 0 Å². The summed E-state index contributed by atoms with van der Waals surface area (Å²) in [5.41, 5.74) is 4.69. The number of methoxy groups -OCH3 is 2. The van der Waals surface area contributed by atoms with Gasteiger partial charge in [0.25, 0.3) is 5.91 Å². The van der Waals surface area contributed by atoms with Gasteiger partial charge in [0.1, 0.15) is 23.9 Å². The number of ether oxygens (including phenoxy) is 3. The number of hydrogen-bond donors (Lipinski definition) is 2. The van der Waals surface area contributed by atoms with Gasteiger partial charge in [-0.1, -0.05) is 12.1 Å². The SMILES string of the molecule is COc1cc(OC)cc(C(=O)N/N=C\c2ccc(OCc3ccc(C(=O)O)cc3)cc2)c1. The Morgan fingerprint density at radius 1 is 0.875 bits per heavy atom. The highest BCUT2D eigenvalue weighted by atomic mass is 16.5. The van der Waals surface area contributed by atoms with Crippen molar-refractivity contribution in [2.24, 2.45) is 5.10 Å². The monoisotopic (exact) mass is 434 g/mol. The molecule has 0 fully saturated rings. The van der Waals surface area contributed by atoms with Crippen molar-refractivity contribution in [3.63, 3.8) is 0 Å². The number of benzene rings is 3. The molecule has 0 atom stereocenters. The van der Waals surface area contributed by atoms with Crippen LogP contribution in [0.5, 0.6) is 17.2 Å². The normalized spacial score (nSPS) is 10.6. The van der Waals surface area contributed by atoms with Crippen LogP contribution in [0, 0.1) is 0 Å². The predicted molar refractivity (Wildman–Crippen MR) is 119 cm³/mol. The number of rotatable bonds is 9. The van der Waals surface area contributed by atoms with Gasteiger partial charge in [0.2, 0.25) is 0 Å². The standard InChI is InChI=1S/C24H22N2O6/c1-30-21-11-19(12-22(13-21)31-2)23(27)26-25-14-16-5-9-20(10-6-16)32-15-17-3-7-18(8-4-17)24(28)29/h3-14H,15H2,1-2H3,(H,26,27)(H,28,29)/b25-14-. The van der Waals surface area contributed by atoms with Crippen LogP contribution >= 0.6 is 0 Å². The molecule has 0 aliphatic rings. The summed E-state index contributed by atoms with van der Waals surface area (Å²) in [4.78, 5) is 23.2. The van der Waals surface area contributed by atoms with E-state index in [2.05, 4.69) is 10.5 Å². The van der Waals surface area contributed by atoms with Crippen molar-refractivity contribution in [2.45, 2.75) is 6.61 Å². The van der Waals surface area contributed by atoms with Crippen LogP contribution in [-0.4, -0.2) is 37.4 Å². The Morgan fingerprint density at radius 2 is 1.50 bits per heavy atom. The van der Waals surface area contributed by atoms with Crippen molar-refractivity contribution in [3.8, 4) is 17.2 Å². The number of carbonyl (C=O) groups is 2. The largest absolute Gasteiger partial charge is 0.497 e. The summed E-state index contributed by atoms with van der Waals surface area (Å²) in [5, 5.41) is 12.9. The summed E-state index contributed by atoms with van der Waals surface area (Å²) >= 11 is 0. The van der Waals surface area contributed by atoms with E-state index in [4.69, 9.17) is 19.3 Å². The highest BCUT2D eigenvalue weighted by molar-refractivity contribution is 5.95. The topological polar surface area (TPSA) is 106 Å². The summed E-state index contributed by atoms with van der Waals surface area (Å²) in [6.45, 7) is 0.313. The third-order valence-electron chi connectivity index (χ3n) is 4.48. The number of nitrogens with one attached hydrogen (secondary N) is 1. The lowest BCUT2D eigenvalue weighted by atomic mass is 10.1. The van der Waals surface area contributed by atoms with Crippen molar-refractivity contribution in [3.05, 3.63) is 89.0 Å². The third kappa shape index (κ3) is 6.09. The lowest BCUT2D eigenvalue weighted by molar-refractivity contribution is 0.0696. The highest BCUT2D eigenvalue weighted by Gasteiger charge is 2.09. The Hall–Kier alpha value is -4.33. The number of nitrogens with zero attached hydrogens (tertiary/aromatic N) is 1. The maximum atomic E-state index is 12.3. The van der Waals surface area contributed by atoms with Crippen LogP contribution in [0.15, 0.2) is 71.8 Å². The summed E-state index contributed by atoms with van der Waals surface area (Å²) in [7, 11) is 3.02. The molecule has 164 valence electrons. The Kier molecular flexibility index (Phi) is 7.42. The number of carboxylic acid groups (broad SMARTS) is 1. The van der Waals surface area contributed by atoms with E-state index in [1.165, 1.54) is 32.6 Å². The first-order valence-electron chi connectivity index (χ1n) is 9.60. The smallest absolute Gasteiger partial charge is 0.335 e. The maximum absolute atomic E-state index is 12.3. The summed E-state index contributed by atoms with van der Waals surface area (Å²) in [6, 6.07) is 18.5. The summed E-state index contributed by atoms with van der Waals surface area (Å²) < 4.78 is 16.0. The van der Waals surface area contributed by atoms with Crippen LogP contribution in [0.3, 0.4) is 0 Å². The molecular formula is C24H22N2O6. The second kappa shape index (κ2) is 10.6. The number of carbonyl (C=O) groups excluding carboxylic acids is 1. The molecule has 0 spiro atoms. The minimum absolute atomic E-state index is 0.232. The summed E-state index contributed by atoms with van der Waals surface area (Å²) in [6.07, 6.45) is 1.52. The van der Waals surface area contributed by atoms with Crippen LogP contribution in [0.4, 0.5) is 0 Å². The molecule has 8 heteroatoms. The lowest BCUT2D eigenvalue weighted by Gasteiger charge is -2.07. The Bertz CT molecular complexity index is 1090. The molecule has 0 saturated carbocycles. The number of aromatic carboxylic acids is 1. The zero-order valence-corrected chi connectivity index (χ0v) is 17.6. The fraction of sp³-hybridized carbons (Fsp3) is 0.125. The average Bonchev–Trinajstić information content (AvgIpc) is 2.83. The van der Waals surface area contributed by atoms with Crippen LogP contribution in [-0.2, 0) is 6.61 Å². The second-order valence-corrected chi connectivity index (χ2v) is 6.66. The molecular weight excluding hydrogens is 412 g/mol. The van der Waals surface area contributed by atoms with Crippen molar-refractivity contribution in [1.29, 1.82) is 0 Å². The van der Waals surface area contributed by atoms with Gasteiger partial charge >= 0.3 is 5.97 Å². The van der Waals surface area contributed by atoms with Crippen molar-refractivity contribution in [2.75, 3.05) is 14.2 Å². The lowest BCUT2D eigenvalue weighted by Crippen LogP contribution is -2.17. The fourth-order valence-corrected chi connectivity index (χ4v) is 2.73. The molecule has 0 aliphatic heterocycles. The quantitative estimate of drug-likeness (QED) is 0.393. The molecule has 1 amide bonds. The van der Waals surface area contributed by atoms with Gasteiger partial charge in [-0.3, -0.25) is 4.79 Å². The molecule has 3 aromatic carbocycles. The number of hydrazone groups is 1. The van der Waals surface area contributed by atoms with E-state index in [9.17, 15) is 9.59 Å². The molecule has 32 heavy (non-hydrogen) atoms. The number of hydrogen-bond acceptors (Lipinski definition) is 6. The van der Waals surface area contributed by atoms with Crippen molar-refractivity contribution in [1.82, 2.24) is 5.43 Å².